The maximum Gasteiger partial charge on any atom is 0.262 e. The number of amides is 1. The lowest BCUT2D eigenvalue weighted by Crippen LogP contribution is -2.36. The number of nitrogens with one attached hydrogen (secondary N) is 1. The molecule has 1 amide bonds. The zero-order valence-corrected chi connectivity index (χ0v) is 15.7. The average Bonchev–Trinajstić information content (AvgIpc) is 2.96. The van der Waals surface area contributed by atoms with Crippen molar-refractivity contribution in [1.29, 1.82) is 5.26 Å². The minimum absolute atomic E-state index is 0.0501. The molecule has 6 nitrogen and oxygen atoms in total. The number of sulfone groups is 1. The van der Waals surface area contributed by atoms with Crippen molar-refractivity contribution in [2.24, 2.45) is 0 Å². The summed E-state index contributed by atoms with van der Waals surface area (Å²) in [5, 5.41) is 11.9. The van der Waals surface area contributed by atoms with Gasteiger partial charge in [0.25, 0.3) is 5.91 Å². The number of carbonyl (C=O) groups is 1. The number of nitriles is 1. The lowest BCUT2D eigenvalue weighted by molar-refractivity contribution is -0.117. The summed E-state index contributed by atoms with van der Waals surface area (Å²) >= 11 is 0. The number of unbranched alkanes of at least 4 members (excludes halogenated alkanes) is 2. The van der Waals surface area contributed by atoms with Crippen molar-refractivity contribution in [3.63, 3.8) is 0 Å². The molecule has 0 spiro atoms. The minimum Gasteiger partial charge on any atom is -0.494 e. The molecule has 1 aromatic rings. The van der Waals surface area contributed by atoms with Crippen molar-refractivity contribution in [3.05, 3.63) is 35.4 Å². The quantitative estimate of drug-likeness (QED) is 0.427. The third-order valence-corrected chi connectivity index (χ3v) is 5.91. The summed E-state index contributed by atoms with van der Waals surface area (Å²) in [5.74, 6) is 0.206. The van der Waals surface area contributed by atoms with Gasteiger partial charge in [0.15, 0.2) is 9.84 Å². The third kappa shape index (κ3) is 6.19. The van der Waals surface area contributed by atoms with Crippen LogP contribution in [-0.2, 0) is 14.6 Å². The molecule has 1 aliphatic rings. The molecule has 1 unspecified atom stereocenters. The van der Waals surface area contributed by atoms with Crippen LogP contribution in [0.1, 0.15) is 38.2 Å². The van der Waals surface area contributed by atoms with E-state index in [0.717, 1.165) is 25.0 Å². The largest absolute Gasteiger partial charge is 0.494 e. The molecule has 0 aromatic heterocycles. The second-order valence-electron chi connectivity index (χ2n) is 6.37. The number of benzene rings is 1. The van der Waals surface area contributed by atoms with Crippen molar-refractivity contribution in [2.45, 2.75) is 38.6 Å². The summed E-state index contributed by atoms with van der Waals surface area (Å²) in [4.78, 5) is 12.2. The Morgan fingerprint density at radius 1 is 1.35 bits per heavy atom. The molecule has 0 saturated carbocycles. The highest BCUT2D eigenvalue weighted by atomic mass is 32.2. The van der Waals surface area contributed by atoms with Gasteiger partial charge >= 0.3 is 0 Å². The number of carbonyl (C=O) groups excluding carboxylic acids is 1. The molecule has 1 saturated heterocycles. The first kappa shape index (κ1) is 20.0. The molecule has 1 atom stereocenters. The lowest BCUT2D eigenvalue weighted by Gasteiger charge is -2.10. The molecule has 26 heavy (non-hydrogen) atoms. The van der Waals surface area contributed by atoms with E-state index >= 15 is 0 Å². The molecule has 1 N–H and O–H groups in total. The van der Waals surface area contributed by atoms with E-state index in [-0.39, 0.29) is 17.1 Å². The molecular weight excluding hydrogens is 352 g/mol. The first-order valence-corrected chi connectivity index (χ1v) is 10.6. The molecule has 1 aliphatic heterocycles. The Bertz CT molecular complexity index is 792. The van der Waals surface area contributed by atoms with Crippen LogP contribution in [0.2, 0.25) is 0 Å². The first-order valence-electron chi connectivity index (χ1n) is 8.79. The summed E-state index contributed by atoms with van der Waals surface area (Å²) in [6.07, 6.45) is 5.15. The molecule has 0 radical (unpaired) electrons. The van der Waals surface area contributed by atoms with Crippen LogP contribution in [0, 0.1) is 11.3 Å². The summed E-state index contributed by atoms with van der Waals surface area (Å²) in [7, 11) is -3.08. The highest BCUT2D eigenvalue weighted by Gasteiger charge is 2.29. The SMILES string of the molecule is CCCCCOc1ccc(C=C(C#N)C(=O)NC2CCS(=O)(=O)C2)cc1. The van der Waals surface area contributed by atoms with Crippen molar-refractivity contribution < 1.29 is 17.9 Å². The molecule has 0 bridgehead atoms. The Morgan fingerprint density at radius 2 is 2.08 bits per heavy atom. The van der Waals surface area contributed by atoms with Crippen molar-refractivity contribution in [3.8, 4) is 11.8 Å². The zero-order chi connectivity index (χ0) is 19.0. The number of hydrogen-bond acceptors (Lipinski definition) is 5. The van der Waals surface area contributed by atoms with Crippen LogP contribution in [0.25, 0.3) is 6.08 Å². The van der Waals surface area contributed by atoms with Crippen molar-refractivity contribution in [2.75, 3.05) is 18.1 Å². The second kappa shape index (κ2) is 9.39. The second-order valence-corrected chi connectivity index (χ2v) is 8.60. The summed E-state index contributed by atoms with van der Waals surface area (Å²) in [5.41, 5.74) is 0.655. The highest BCUT2D eigenvalue weighted by Crippen LogP contribution is 2.16. The third-order valence-electron chi connectivity index (χ3n) is 4.14. The van der Waals surface area contributed by atoms with Crippen LogP contribution in [0.4, 0.5) is 0 Å². The van der Waals surface area contributed by atoms with Gasteiger partial charge in [-0.25, -0.2) is 8.42 Å². The van der Waals surface area contributed by atoms with Gasteiger partial charge in [0.1, 0.15) is 17.4 Å². The van der Waals surface area contributed by atoms with Gasteiger partial charge < -0.3 is 10.1 Å². The number of nitrogens with zero attached hydrogens (tertiary/aromatic N) is 1. The van der Waals surface area contributed by atoms with E-state index in [1.54, 1.807) is 24.3 Å². The smallest absolute Gasteiger partial charge is 0.262 e. The molecule has 0 aliphatic carbocycles. The van der Waals surface area contributed by atoms with Crippen LogP contribution >= 0.6 is 0 Å². The van der Waals surface area contributed by atoms with Crippen LogP contribution < -0.4 is 10.1 Å². The van der Waals surface area contributed by atoms with E-state index in [0.29, 0.717) is 18.6 Å². The van der Waals surface area contributed by atoms with Gasteiger partial charge in [-0.05, 0) is 36.6 Å². The van der Waals surface area contributed by atoms with Crippen LogP contribution in [-0.4, -0.2) is 38.5 Å². The maximum atomic E-state index is 12.2. The highest BCUT2D eigenvalue weighted by molar-refractivity contribution is 7.91. The normalized spacial score (nSPS) is 18.9. The van der Waals surface area contributed by atoms with Crippen molar-refractivity contribution >= 4 is 21.8 Å². The standard InChI is InChI=1S/C19H24N2O4S/c1-2-3-4-10-25-18-7-5-15(6-8-18)12-16(13-20)19(22)21-17-9-11-26(23,24)14-17/h5-8,12,17H,2-4,9-11,14H2,1H3,(H,21,22). The Hall–Kier alpha value is -2.33. The average molecular weight is 376 g/mol. The molecule has 2 rings (SSSR count). The monoisotopic (exact) mass is 376 g/mol. The van der Waals surface area contributed by atoms with Crippen LogP contribution in [0.3, 0.4) is 0 Å². The predicted octanol–water partition coefficient (Wildman–Crippen LogP) is 2.47. The Morgan fingerprint density at radius 3 is 2.65 bits per heavy atom. The van der Waals surface area contributed by atoms with E-state index in [9.17, 15) is 18.5 Å². The van der Waals surface area contributed by atoms with Crippen LogP contribution in [0.5, 0.6) is 5.75 Å². The van der Waals surface area contributed by atoms with Gasteiger partial charge in [0.05, 0.1) is 18.1 Å². The van der Waals surface area contributed by atoms with Gasteiger partial charge in [-0.1, -0.05) is 31.9 Å². The van der Waals surface area contributed by atoms with Gasteiger partial charge in [-0.2, -0.15) is 5.26 Å². The lowest BCUT2D eigenvalue weighted by atomic mass is 10.1. The van der Waals surface area contributed by atoms with Gasteiger partial charge in [0.2, 0.25) is 0 Å². The molecule has 7 heteroatoms. The Kier molecular flexibility index (Phi) is 7.22. The molecule has 1 fully saturated rings. The topological polar surface area (TPSA) is 96.3 Å². The van der Waals surface area contributed by atoms with Gasteiger partial charge in [-0.3, -0.25) is 4.79 Å². The summed E-state index contributed by atoms with van der Waals surface area (Å²) < 4.78 is 28.5. The fraction of sp³-hybridized carbons (Fsp3) is 0.474. The Labute approximate surface area is 154 Å². The fourth-order valence-corrected chi connectivity index (χ4v) is 4.36. The zero-order valence-electron chi connectivity index (χ0n) is 14.9. The van der Waals surface area contributed by atoms with Crippen molar-refractivity contribution in [1.82, 2.24) is 5.32 Å². The van der Waals surface area contributed by atoms with Crippen LogP contribution in [0.15, 0.2) is 29.8 Å². The molecule has 1 heterocycles. The molecule has 1 aromatic carbocycles. The first-order chi connectivity index (χ1) is 12.4. The number of ether oxygens (including phenoxy) is 1. The minimum atomic E-state index is -3.08. The summed E-state index contributed by atoms with van der Waals surface area (Å²) in [6, 6.07) is 8.60. The maximum absolute atomic E-state index is 12.2. The van der Waals surface area contributed by atoms with E-state index in [4.69, 9.17) is 4.74 Å². The van der Waals surface area contributed by atoms with Gasteiger partial charge in [-0.15, -0.1) is 0 Å². The van der Waals surface area contributed by atoms with E-state index in [1.165, 1.54) is 6.08 Å². The van der Waals surface area contributed by atoms with Gasteiger partial charge in [0, 0.05) is 6.04 Å². The fourth-order valence-electron chi connectivity index (χ4n) is 2.69. The number of hydrogen-bond donors (Lipinski definition) is 1. The number of rotatable bonds is 8. The Balaban J connectivity index is 1.95. The summed E-state index contributed by atoms with van der Waals surface area (Å²) in [6.45, 7) is 2.80. The molecule has 140 valence electrons. The van der Waals surface area contributed by atoms with E-state index < -0.39 is 21.8 Å². The van der Waals surface area contributed by atoms with E-state index in [1.807, 2.05) is 6.07 Å². The molecular formula is C19H24N2O4S. The predicted molar refractivity (Wildman–Crippen MR) is 100 cm³/mol. The van der Waals surface area contributed by atoms with E-state index in [2.05, 4.69) is 12.2 Å².